The number of rotatable bonds is 8. The Balaban J connectivity index is 1.30. The molecule has 46 heavy (non-hydrogen) atoms. The molecule has 5 fully saturated rings. The average molecular weight is 632 g/mol. The zero-order valence-electron chi connectivity index (χ0n) is 29.9. The summed E-state index contributed by atoms with van der Waals surface area (Å²) < 4.78 is 11.8. The minimum Gasteiger partial charge on any atom is -0.465 e. The molecule has 5 aliphatic rings. The molecule has 5 heteroatoms. The molecule has 0 heterocycles. The van der Waals surface area contributed by atoms with Gasteiger partial charge in [-0.15, -0.1) is 0 Å². The molecular formula is C41H61NO4. The molecule has 0 saturated heterocycles. The first-order valence-corrected chi connectivity index (χ1v) is 18.4. The van der Waals surface area contributed by atoms with Crippen molar-refractivity contribution in [2.45, 2.75) is 125 Å². The van der Waals surface area contributed by atoms with Gasteiger partial charge in [0, 0.05) is 32.4 Å². The van der Waals surface area contributed by atoms with Crippen LogP contribution in [0.15, 0.2) is 42.5 Å². The number of carbonyl (C=O) groups is 2. The van der Waals surface area contributed by atoms with E-state index in [1.54, 1.807) is 0 Å². The van der Waals surface area contributed by atoms with Gasteiger partial charge in [-0.1, -0.05) is 70.2 Å². The Labute approximate surface area is 279 Å². The second-order valence-electron chi connectivity index (χ2n) is 17.6. The number of fused-ring (bicyclic) bond motifs is 7. The van der Waals surface area contributed by atoms with Crippen LogP contribution in [0.25, 0.3) is 0 Å². The van der Waals surface area contributed by atoms with Gasteiger partial charge in [0.25, 0.3) is 0 Å². The lowest BCUT2D eigenvalue weighted by Crippen LogP contribution is -2.68. The van der Waals surface area contributed by atoms with Gasteiger partial charge in [0.05, 0.1) is 0 Å². The maximum atomic E-state index is 12.2. The van der Waals surface area contributed by atoms with Crippen molar-refractivity contribution in [2.75, 3.05) is 13.2 Å². The molecule has 1 N–H and O–H groups in total. The highest BCUT2D eigenvalue weighted by atomic mass is 16.6. The van der Waals surface area contributed by atoms with Crippen LogP contribution in [0, 0.1) is 56.7 Å². The minimum absolute atomic E-state index is 0.113. The summed E-state index contributed by atoms with van der Waals surface area (Å²) in [6.45, 7) is 22.5. The first kappa shape index (κ1) is 33.7. The summed E-state index contributed by atoms with van der Waals surface area (Å²) in [6.07, 6.45) is 11.7. The monoisotopic (exact) mass is 631 g/mol. The van der Waals surface area contributed by atoms with E-state index in [1.807, 2.05) is 0 Å². The van der Waals surface area contributed by atoms with Gasteiger partial charge in [0.2, 0.25) is 0 Å². The van der Waals surface area contributed by atoms with Crippen molar-refractivity contribution >= 4 is 11.9 Å². The normalized spacial score (nSPS) is 44.6. The molecule has 254 valence electrons. The Kier molecular flexibility index (Phi) is 8.86. The zero-order chi connectivity index (χ0) is 33.1. The van der Waals surface area contributed by atoms with Crippen LogP contribution in [0.4, 0.5) is 0 Å². The lowest BCUT2D eigenvalue weighted by molar-refractivity contribution is -0.257. The van der Waals surface area contributed by atoms with E-state index in [9.17, 15) is 9.59 Å². The smallest absolute Gasteiger partial charge is 0.302 e. The number of nitrogens with one attached hydrogen (secondary N) is 1. The molecule has 0 amide bonds. The van der Waals surface area contributed by atoms with Crippen LogP contribution in [0.1, 0.15) is 118 Å². The quantitative estimate of drug-likeness (QED) is 0.229. The van der Waals surface area contributed by atoms with E-state index in [2.05, 4.69) is 76.8 Å². The number of carbonyl (C=O) groups excluding carboxylic acids is 2. The van der Waals surface area contributed by atoms with Crippen molar-refractivity contribution in [2.24, 2.45) is 56.7 Å². The molecule has 5 nitrogen and oxygen atoms in total. The van der Waals surface area contributed by atoms with Gasteiger partial charge < -0.3 is 14.8 Å². The number of ether oxygens (including phenoxy) is 2. The summed E-state index contributed by atoms with van der Waals surface area (Å²) in [5.74, 6) is 2.46. The van der Waals surface area contributed by atoms with Gasteiger partial charge in [-0.25, -0.2) is 0 Å². The van der Waals surface area contributed by atoms with Crippen molar-refractivity contribution in [1.29, 1.82) is 0 Å². The third kappa shape index (κ3) is 5.21. The van der Waals surface area contributed by atoms with E-state index in [0.717, 1.165) is 32.4 Å². The lowest BCUT2D eigenvalue weighted by atomic mass is 9.32. The van der Waals surface area contributed by atoms with Crippen LogP contribution in [0.5, 0.6) is 0 Å². The molecule has 5 aliphatic carbocycles. The molecule has 6 rings (SSSR count). The summed E-state index contributed by atoms with van der Waals surface area (Å²) in [5, 5.41) is 3.96. The fourth-order valence-electron chi connectivity index (χ4n) is 13.3. The van der Waals surface area contributed by atoms with Gasteiger partial charge in [0.15, 0.2) is 0 Å². The topological polar surface area (TPSA) is 64.6 Å². The maximum Gasteiger partial charge on any atom is 0.302 e. The minimum atomic E-state index is -0.383. The van der Waals surface area contributed by atoms with Gasteiger partial charge >= 0.3 is 11.9 Å². The van der Waals surface area contributed by atoms with Crippen LogP contribution in [-0.2, 0) is 25.6 Å². The predicted octanol–water partition coefficient (Wildman–Crippen LogP) is 8.91. The second-order valence-corrected chi connectivity index (χ2v) is 17.6. The van der Waals surface area contributed by atoms with Crippen LogP contribution in [0.2, 0.25) is 0 Å². The van der Waals surface area contributed by atoms with Gasteiger partial charge in [-0.3, -0.25) is 9.59 Å². The average Bonchev–Trinajstić information content (AvgIpc) is 3.39. The summed E-state index contributed by atoms with van der Waals surface area (Å²) >= 11 is 0. The Morgan fingerprint density at radius 1 is 0.826 bits per heavy atom. The SMILES string of the molecule is C=C(C)[C@@H]1CC[C@]2(CNCc3ccccc3)CC[C@]3(C)C(CCC4[C@@]5(C)CC[C@H](OC(C)=O)[C@@](C)(COC(C)=O)C5CC[C@]43C)C12. The third-order valence-electron chi connectivity index (χ3n) is 15.5. The van der Waals surface area contributed by atoms with Crippen molar-refractivity contribution in [1.82, 2.24) is 5.32 Å². The summed E-state index contributed by atoms with van der Waals surface area (Å²) in [5.41, 5.74) is 3.35. The highest BCUT2D eigenvalue weighted by molar-refractivity contribution is 5.66. The summed E-state index contributed by atoms with van der Waals surface area (Å²) in [6, 6.07) is 10.9. The number of allylic oxidation sites excluding steroid dienone is 1. The molecule has 0 spiro atoms. The van der Waals surface area contributed by atoms with Gasteiger partial charge in [0.1, 0.15) is 12.7 Å². The van der Waals surface area contributed by atoms with Crippen LogP contribution in [0.3, 0.4) is 0 Å². The highest BCUT2D eigenvalue weighted by Gasteiger charge is 2.71. The van der Waals surface area contributed by atoms with E-state index in [0.29, 0.717) is 41.6 Å². The molecule has 1 aromatic carbocycles. The van der Waals surface area contributed by atoms with Crippen LogP contribution in [-0.4, -0.2) is 31.2 Å². The first-order chi connectivity index (χ1) is 21.7. The molecular weight excluding hydrogens is 570 g/mol. The fraction of sp³-hybridized carbons (Fsp3) is 0.756. The van der Waals surface area contributed by atoms with Crippen molar-refractivity contribution in [3.8, 4) is 0 Å². The summed E-state index contributed by atoms with van der Waals surface area (Å²) in [7, 11) is 0. The molecule has 0 aromatic heterocycles. The fourth-order valence-corrected chi connectivity index (χ4v) is 13.3. The summed E-state index contributed by atoms with van der Waals surface area (Å²) in [4.78, 5) is 24.3. The first-order valence-electron chi connectivity index (χ1n) is 18.4. The molecule has 5 saturated carbocycles. The van der Waals surface area contributed by atoms with Crippen LogP contribution < -0.4 is 5.32 Å². The Hall–Kier alpha value is -2.14. The number of hydrogen-bond donors (Lipinski definition) is 1. The van der Waals surface area contributed by atoms with Crippen molar-refractivity contribution in [3.63, 3.8) is 0 Å². The molecule has 11 atom stereocenters. The molecule has 4 unspecified atom stereocenters. The van der Waals surface area contributed by atoms with E-state index in [4.69, 9.17) is 9.47 Å². The van der Waals surface area contributed by atoms with E-state index >= 15 is 0 Å². The molecule has 0 radical (unpaired) electrons. The Bertz CT molecular complexity index is 1330. The Morgan fingerprint density at radius 3 is 2.24 bits per heavy atom. The lowest BCUT2D eigenvalue weighted by Gasteiger charge is -2.73. The van der Waals surface area contributed by atoms with Gasteiger partial charge in [-0.2, -0.15) is 0 Å². The van der Waals surface area contributed by atoms with Crippen molar-refractivity contribution < 1.29 is 19.1 Å². The van der Waals surface area contributed by atoms with Crippen LogP contribution >= 0.6 is 0 Å². The Morgan fingerprint density at radius 2 is 1.57 bits per heavy atom. The largest absolute Gasteiger partial charge is 0.465 e. The number of hydrogen-bond acceptors (Lipinski definition) is 5. The number of esters is 2. The zero-order valence-corrected chi connectivity index (χ0v) is 29.9. The van der Waals surface area contributed by atoms with E-state index < -0.39 is 0 Å². The van der Waals surface area contributed by atoms with E-state index in [1.165, 1.54) is 69.9 Å². The number of benzene rings is 1. The van der Waals surface area contributed by atoms with E-state index in [-0.39, 0.29) is 39.7 Å². The van der Waals surface area contributed by atoms with Crippen molar-refractivity contribution in [3.05, 3.63) is 48.0 Å². The highest BCUT2D eigenvalue weighted by Crippen LogP contribution is 2.77. The molecule has 0 bridgehead atoms. The standard InChI is InChI=1S/C41H61NO4/c1-27(2)31-16-21-41(25-42-24-30-12-10-9-11-13-30)23-22-39(7)32(36(31)41)14-15-34-37(5)19-18-35(46-29(4)44)38(6,26-45-28(3)43)33(37)17-20-40(34,39)8/h9-13,31-36,42H,1,14-26H2,2-8H3/t31-,32?,33?,34?,35-,36?,37-,38-,39+,40+,41+/m0/s1. The molecule has 1 aromatic rings. The molecule has 0 aliphatic heterocycles. The maximum absolute atomic E-state index is 12.2. The van der Waals surface area contributed by atoms with Gasteiger partial charge in [-0.05, 0) is 128 Å². The third-order valence-corrected chi connectivity index (χ3v) is 15.5. The second kappa shape index (κ2) is 12.1. The predicted molar refractivity (Wildman–Crippen MR) is 184 cm³/mol.